The van der Waals surface area contributed by atoms with E-state index in [0.717, 1.165) is 43.6 Å². The van der Waals surface area contributed by atoms with Crippen molar-refractivity contribution < 1.29 is 9.59 Å². The fourth-order valence-corrected chi connectivity index (χ4v) is 6.62. The average molecular weight is 423 g/mol. The smallest absolute Gasteiger partial charge is 0.232 e. The van der Waals surface area contributed by atoms with E-state index < -0.39 is 0 Å². The topological polar surface area (TPSA) is 40.6 Å². The molecule has 0 bridgehead atoms. The third kappa shape index (κ3) is 3.37. The zero-order chi connectivity index (χ0) is 20.6. The largest absolute Gasteiger partial charge is 0.342 e. The van der Waals surface area contributed by atoms with Gasteiger partial charge in [-0.3, -0.25) is 9.59 Å². The van der Waals surface area contributed by atoms with E-state index in [0.29, 0.717) is 12.3 Å². The maximum atomic E-state index is 13.5. The quantitative estimate of drug-likeness (QED) is 0.663. The molecule has 2 aliphatic heterocycles. The Hall–Kier alpha value is -2.14. The Balaban J connectivity index is 1.29. The summed E-state index contributed by atoms with van der Waals surface area (Å²) in [5.41, 5.74) is 1.11. The van der Waals surface area contributed by atoms with Crippen molar-refractivity contribution in [3.05, 3.63) is 58.3 Å². The van der Waals surface area contributed by atoms with Crippen LogP contribution in [0.1, 0.15) is 61.4 Å². The first-order valence-corrected chi connectivity index (χ1v) is 12.2. The minimum absolute atomic E-state index is 0.175. The van der Waals surface area contributed by atoms with Gasteiger partial charge in [0.25, 0.3) is 0 Å². The lowest BCUT2D eigenvalue weighted by Crippen LogP contribution is -2.67. The van der Waals surface area contributed by atoms with Gasteiger partial charge in [0.05, 0.1) is 17.9 Å². The zero-order valence-electron chi connectivity index (χ0n) is 17.5. The molecule has 1 aromatic heterocycles. The molecule has 1 spiro atoms. The monoisotopic (exact) mass is 422 g/mol. The van der Waals surface area contributed by atoms with Crippen LogP contribution in [0.15, 0.2) is 47.8 Å². The molecule has 4 nitrogen and oxygen atoms in total. The highest BCUT2D eigenvalue weighted by molar-refractivity contribution is 7.10. The Bertz CT molecular complexity index is 881. The molecule has 1 aliphatic carbocycles. The lowest BCUT2D eigenvalue weighted by Gasteiger charge is -2.61. The van der Waals surface area contributed by atoms with Gasteiger partial charge in [-0.15, -0.1) is 11.3 Å². The van der Waals surface area contributed by atoms with Gasteiger partial charge in [0.1, 0.15) is 0 Å². The Labute approximate surface area is 182 Å². The van der Waals surface area contributed by atoms with Gasteiger partial charge in [-0.1, -0.05) is 55.7 Å². The van der Waals surface area contributed by atoms with Crippen LogP contribution in [0.4, 0.5) is 0 Å². The van der Waals surface area contributed by atoms with Crippen LogP contribution in [-0.4, -0.2) is 40.7 Å². The molecule has 3 heterocycles. The highest BCUT2D eigenvalue weighted by Crippen LogP contribution is 2.59. The van der Waals surface area contributed by atoms with Crippen molar-refractivity contribution in [3.8, 4) is 0 Å². The zero-order valence-corrected chi connectivity index (χ0v) is 18.3. The van der Waals surface area contributed by atoms with E-state index in [-0.39, 0.29) is 23.4 Å². The van der Waals surface area contributed by atoms with Crippen LogP contribution in [0.3, 0.4) is 0 Å². The number of carbonyl (C=O) groups excluding carboxylic acids is 2. The summed E-state index contributed by atoms with van der Waals surface area (Å²) >= 11 is 1.64. The highest BCUT2D eigenvalue weighted by atomic mass is 32.1. The van der Waals surface area contributed by atoms with Gasteiger partial charge >= 0.3 is 0 Å². The van der Waals surface area contributed by atoms with Crippen molar-refractivity contribution >= 4 is 23.2 Å². The van der Waals surface area contributed by atoms with Gasteiger partial charge in [0, 0.05) is 24.0 Å². The number of carbonyl (C=O) groups is 2. The molecule has 30 heavy (non-hydrogen) atoms. The molecule has 1 unspecified atom stereocenters. The summed E-state index contributed by atoms with van der Waals surface area (Å²) in [5, 5.41) is 2.02. The number of amides is 2. The van der Waals surface area contributed by atoms with E-state index >= 15 is 0 Å². The van der Waals surface area contributed by atoms with Crippen LogP contribution in [0.25, 0.3) is 0 Å². The van der Waals surface area contributed by atoms with E-state index in [1.165, 1.54) is 24.8 Å². The second kappa shape index (κ2) is 8.18. The number of nitrogens with zero attached hydrogens (tertiary/aromatic N) is 2. The predicted octanol–water partition coefficient (Wildman–Crippen LogP) is 4.82. The molecule has 5 heteroatoms. The Kier molecular flexibility index (Phi) is 5.40. The predicted molar refractivity (Wildman–Crippen MR) is 119 cm³/mol. The van der Waals surface area contributed by atoms with Crippen LogP contribution in [0.2, 0.25) is 0 Å². The van der Waals surface area contributed by atoms with Gasteiger partial charge in [0.15, 0.2) is 0 Å². The average Bonchev–Trinajstić information content (AvgIpc) is 3.31. The molecule has 3 fully saturated rings. The number of piperidine rings is 1. The first-order chi connectivity index (χ1) is 14.7. The Morgan fingerprint density at radius 2 is 1.73 bits per heavy atom. The molecule has 2 aromatic rings. The SMILES string of the molecule is O=C(Cc1cccs1)N1CCC(N2C(=O)C3(CCCCC3)C2c2ccccc2)CC1. The van der Waals surface area contributed by atoms with E-state index in [1.54, 1.807) is 11.3 Å². The van der Waals surface area contributed by atoms with Crippen molar-refractivity contribution in [3.63, 3.8) is 0 Å². The molecule has 2 amide bonds. The minimum Gasteiger partial charge on any atom is -0.342 e. The van der Waals surface area contributed by atoms with E-state index in [1.807, 2.05) is 22.4 Å². The number of rotatable bonds is 4. The third-order valence-corrected chi connectivity index (χ3v) is 8.32. The molecule has 0 radical (unpaired) electrons. The Morgan fingerprint density at radius 3 is 2.40 bits per heavy atom. The second-order valence-electron chi connectivity index (χ2n) is 9.11. The molecule has 5 rings (SSSR count). The lowest BCUT2D eigenvalue weighted by atomic mass is 9.59. The summed E-state index contributed by atoms with van der Waals surface area (Å²) in [5.74, 6) is 0.591. The van der Waals surface area contributed by atoms with Crippen LogP contribution < -0.4 is 0 Å². The highest BCUT2D eigenvalue weighted by Gasteiger charge is 2.62. The fourth-order valence-electron chi connectivity index (χ4n) is 5.92. The van der Waals surface area contributed by atoms with Gasteiger partial charge in [-0.25, -0.2) is 0 Å². The molecule has 1 aromatic carbocycles. The summed E-state index contributed by atoms with van der Waals surface area (Å²) in [7, 11) is 0. The minimum atomic E-state index is -0.175. The van der Waals surface area contributed by atoms with Gasteiger partial charge in [-0.05, 0) is 42.7 Å². The number of benzene rings is 1. The summed E-state index contributed by atoms with van der Waals surface area (Å²) in [6.07, 6.45) is 7.92. The Morgan fingerprint density at radius 1 is 1.00 bits per heavy atom. The van der Waals surface area contributed by atoms with Crippen molar-refractivity contribution in [2.45, 2.75) is 63.5 Å². The number of likely N-dealkylation sites (tertiary alicyclic amines) is 2. The summed E-state index contributed by atoms with van der Waals surface area (Å²) in [6, 6.07) is 15.1. The third-order valence-electron chi connectivity index (χ3n) is 7.44. The summed E-state index contributed by atoms with van der Waals surface area (Å²) in [6.45, 7) is 1.51. The summed E-state index contributed by atoms with van der Waals surface area (Å²) < 4.78 is 0. The lowest BCUT2D eigenvalue weighted by molar-refractivity contribution is -0.186. The van der Waals surface area contributed by atoms with Crippen molar-refractivity contribution in [2.24, 2.45) is 5.41 Å². The maximum Gasteiger partial charge on any atom is 0.232 e. The molecular weight excluding hydrogens is 392 g/mol. The standard InChI is InChI=1S/C25H30N2O2S/c28-22(18-21-10-7-17-30-21)26-15-11-20(12-16-26)27-23(19-8-3-1-4-9-19)25(24(27)29)13-5-2-6-14-25/h1,3-4,7-10,17,20,23H,2,5-6,11-16,18H2. The first-order valence-electron chi connectivity index (χ1n) is 11.4. The second-order valence-corrected chi connectivity index (χ2v) is 10.1. The normalized spacial score (nSPS) is 24.1. The fraction of sp³-hybridized carbons (Fsp3) is 0.520. The van der Waals surface area contributed by atoms with Crippen LogP contribution >= 0.6 is 11.3 Å². The van der Waals surface area contributed by atoms with E-state index in [9.17, 15) is 9.59 Å². The number of hydrogen-bond acceptors (Lipinski definition) is 3. The van der Waals surface area contributed by atoms with E-state index in [2.05, 4.69) is 35.2 Å². The molecule has 158 valence electrons. The molecule has 3 aliphatic rings. The number of β-lactam (4-membered cyclic amide) rings is 1. The molecule has 1 atom stereocenters. The number of thiophene rings is 1. The van der Waals surface area contributed by atoms with Crippen LogP contribution in [0, 0.1) is 5.41 Å². The van der Waals surface area contributed by atoms with Gasteiger partial charge in [-0.2, -0.15) is 0 Å². The molecule has 0 N–H and O–H groups in total. The summed E-state index contributed by atoms with van der Waals surface area (Å²) in [4.78, 5) is 31.5. The van der Waals surface area contributed by atoms with Gasteiger partial charge < -0.3 is 9.80 Å². The van der Waals surface area contributed by atoms with Gasteiger partial charge in [0.2, 0.25) is 11.8 Å². The molecule has 1 saturated carbocycles. The van der Waals surface area contributed by atoms with Crippen molar-refractivity contribution in [2.75, 3.05) is 13.1 Å². The maximum absolute atomic E-state index is 13.5. The van der Waals surface area contributed by atoms with Crippen molar-refractivity contribution in [1.82, 2.24) is 9.80 Å². The first kappa shape index (κ1) is 19.8. The van der Waals surface area contributed by atoms with E-state index in [4.69, 9.17) is 0 Å². The van der Waals surface area contributed by atoms with Crippen molar-refractivity contribution in [1.29, 1.82) is 0 Å². The molecular formula is C25H30N2O2S. The number of hydrogen-bond donors (Lipinski definition) is 0. The van der Waals surface area contributed by atoms with Crippen LogP contribution in [-0.2, 0) is 16.0 Å². The van der Waals surface area contributed by atoms with Crippen LogP contribution in [0.5, 0.6) is 0 Å². The molecule has 2 saturated heterocycles.